The number of hydrogen-bond acceptors (Lipinski definition) is 6. The largest absolute Gasteiger partial charge is 0.462 e. The maximum atomic E-state index is 12.8. The van der Waals surface area contributed by atoms with Crippen LogP contribution in [-0.2, 0) is 28.6 Å². The van der Waals surface area contributed by atoms with Gasteiger partial charge in [-0.2, -0.15) is 0 Å². The molecule has 0 N–H and O–H groups in total. The molecule has 1 atom stereocenters. The van der Waals surface area contributed by atoms with E-state index in [2.05, 4.69) is 81.5 Å². The third kappa shape index (κ3) is 50.0. The van der Waals surface area contributed by atoms with E-state index in [0.717, 1.165) is 89.9 Å². The molecule has 0 unspecified atom stereocenters. The van der Waals surface area contributed by atoms with Gasteiger partial charge in [0, 0.05) is 19.3 Å². The van der Waals surface area contributed by atoms with E-state index in [1.807, 2.05) is 0 Å². The average molecular weight is 881 g/mol. The fraction of sp³-hybridized carbons (Fsp3) is 0.772. The summed E-state index contributed by atoms with van der Waals surface area (Å²) in [5.74, 6) is -0.898. The van der Waals surface area contributed by atoms with Crippen LogP contribution in [0.3, 0.4) is 0 Å². The van der Waals surface area contributed by atoms with Gasteiger partial charge in [0.05, 0.1) is 0 Å². The first-order valence-corrected chi connectivity index (χ1v) is 26.8. The molecule has 0 aromatic rings. The van der Waals surface area contributed by atoms with Crippen molar-refractivity contribution in [2.75, 3.05) is 13.2 Å². The Kier molecular flexibility index (Phi) is 49.4. The van der Waals surface area contributed by atoms with Crippen LogP contribution >= 0.6 is 0 Å². The van der Waals surface area contributed by atoms with E-state index in [4.69, 9.17) is 14.2 Å². The summed E-state index contributed by atoms with van der Waals surface area (Å²) in [6.07, 6.45) is 63.4. The Hall–Kier alpha value is -2.89. The molecule has 0 bridgehead atoms. The van der Waals surface area contributed by atoms with Crippen molar-refractivity contribution in [1.29, 1.82) is 0 Å². The second-order valence-corrected chi connectivity index (χ2v) is 17.8. The van der Waals surface area contributed by atoms with Crippen molar-refractivity contribution < 1.29 is 28.6 Å². The summed E-state index contributed by atoms with van der Waals surface area (Å²) in [7, 11) is 0. The summed E-state index contributed by atoms with van der Waals surface area (Å²) in [6, 6.07) is 0. The first kappa shape index (κ1) is 60.1. The van der Waals surface area contributed by atoms with Crippen LogP contribution in [0.15, 0.2) is 60.8 Å². The fourth-order valence-electron chi connectivity index (χ4n) is 7.42. The van der Waals surface area contributed by atoms with Crippen molar-refractivity contribution in [2.45, 2.75) is 271 Å². The number of unbranched alkanes of at least 4 members (excludes halogenated alkanes) is 27. The molecule has 0 saturated heterocycles. The van der Waals surface area contributed by atoms with E-state index in [-0.39, 0.29) is 31.1 Å². The van der Waals surface area contributed by atoms with E-state index in [1.54, 1.807) is 0 Å². The van der Waals surface area contributed by atoms with Gasteiger partial charge < -0.3 is 14.2 Å². The molecule has 0 heterocycles. The number of hydrogen-bond donors (Lipinski definition) is 0. The summed E-state index contributed by atoms with van der Waals surface area (Å²) in [5.41, 5.74) is 0. The lowest BCUT2D eigenvalue weighted by atomic mass is 10.1. The summed E-state index contributed by atoms with van der Waals surface area (Å²) in [5, 5.41) is 0. The molecule has 0 aliphatic rings. The number of ether oxygens (including phenoxy) is 3. The minimum atomic E-state index is -0.781. The quantitative estimate of drug-likeness (QED) is 0.0262. The van der Waals surface area contributed by atoms with Crippen molar-refractivity contribution in [3.8, 4) is 0 Å². The summed E-state index contributed by atoms with van der Waals surface area (Å²) in [6.45, 7) is 6.56. The zero-order valence-electron chi connectivity index (χ0n) is 41.6. The van der Waals surface area contributed by atoms with Crippen LogP contribution in [0.5, 0.6) is 0 Å². The molecular formula is C57H100O6. The standard InChI is InChI=1S/C57H100O6/c1-4-7-10-13-16-19-21-23-25-27-28-30-31-33-35-38-41-44-47-50-56(59)62-53-54(52-61-55(58)49-46-43-40-37-18-15-12-9-6-3)63-57(60)51-48-45-42-39-36-34-32-29-26-24-22-20-17-14-11-8-5-2/h16-17,19-20,23-26,28,30,54H,4-15,18,21-22,27,29,31-53H2,1-3H3/b19-16-,20-17-,25-23-,26-24-,30-28-/t54-/m1/s1. The van der Waals surface area contributed by atoms with Crippen LogP contribution in [0.4, 0.5) is 0 Å². The van der Waals surface area contributed by atoms with Crippen molar-refractivity contribution in [1.82, 2.24) is 0 Å². The van der Waals surface area contributed by atoms with Gasteiger partial charge in [0.25, 0.3) is 0 Å². The highest BCUT2D eigenvalue weighted by Crippen LogP contribution is 2.14. The number of esters is 3. The minimum absolute atomic E-state index is 0.0804. The second-order valence-electron chi connectivity index (χ2n) is 17.8. The van der Waals surface area contributed by atoms with Crippen LogP contribution in [0, 0.1) is 0 Å². The Balaban J connectivity index is 4.34. The highest BCUT2D eigenvalue weighted by Gasteiger charge is 2.19. The van der Waals surface area contributed by atoms with Crippen LogP contribution in [0.25, 0.3) is 0 Å². The fourth-order valence-corrected chi connectivity index (χ4v) is 7.42. The Morgan fingerprint density at radius 1 is 0.317 bits per heavy atom. The Morgan fingerprint density at radius 2 is 0.571 bits per heavy atom. The zero-order chi connectivity index (χ0) is 45.8. The Morgan fingerprint density at radius 3 is 0.921 bits per heavy atom. The smallest absolute Gasteiger partial charge is 0.306 e. The summed E-state index contributed by atoms with van der Waals surface area (Å²) >= 11 is 0. The topological polar surface area (TPSA) is 78.9 Å². The monoisotopic (exact) mass is 881 g/mol. The van der Waals surface area contributed by atoms with Gasteiger partial charge >= 0.3 is 17.9 Å². The zero-order valence-corrected chi connectivity index (χ0v) is 41.6. The lowest BCUT2D eigenvalue weighted by molar-refractivity contribution is -0.167. The van der Waals surface area contributed by atoms with E-state index in [9.17, 15) is 14.4 Å². The third-order valence-corrected chi connectivity index (χ3v) is 11.5. The number of carbonyl (C=O) groups excluding carboxylic acids is 3. The van der Waals surface area contributed by atoms with Crippen molar-refractivity contribution in [2.24, 2.45) is 0 Å². The molecule has 0 spiro atoms. The third-order valence-electron chi connectivity index (χ3n) is 11.5. The molecular weight excluding hydrogens is 781 g/mol. The molecule has 0 rings (SSSR count). The maximum absolute atomic E-state index is 12.8. The van der Waals surface area contributed by atoms with Gasteiger partial charge in [-0.25, -0.2) is 0 Å². The summed E-state index contributed by atoms with van der Waals surface area (Å²) in [4.78, 5) is 37.9. The number of rotatable bonds is 48. The van der Waals surface area contributed by atoms with Gasteiger partial charge in [-0.1, -0.05) is 216 Å². The van der Waals surface area contributed by atoms with E-state index in [1.165, 1.54) is 135 Å². The molecule has 364 valence electrons. The lowest BCUT2D eigenvalue weighted by Crippen LogP contribution is -2.30. The van der Waals surface area contributed by atoms with Crippen LogP contribution in [0.2, 0.25) is 0 Å². The summed E-state index contributed by atoms with van der Waals surface area (Å²) < 4.78 is 16.8. The molecule has 0 amide bonds. The van der Waals surface area contributed by atoms with Gasteiger partial charge in [-0.15, -0.1) is 0 Å². The van der Waals surface area contributed by atoms with Crippen molar-refractivity contribution in [3.05, 3.63) is 60.8 Å². The van der Waals surface area contributed by atoms with Gasteiger partial charge in [0.2, 0.25) is 0 Å². The van der Waals surface area contributed by atoms with Crippen molar-refractivity contribution in [3.63, 3.8) is 0 Å². The molecule has 0 aliphatic carbocycles. The SMILES string of the molecule is CCCCC/C=C\C/C=C\C/C=C\CCCCCCCCC(=O)OC[C@@H](COC(=O)CCCCCCCCCCC)OC(=O)CCCCCCCCC/C=C\C/C=C\CCCCC. The molecule has 6 nitrogen and oxygen atoms in total. The molecule has 0 saturated carbocycles. The van der Waals surface area contributed by atoms with Crippen LogP contribution in [-0.4, -0.2) is 37.2 Å². The predicted molar refractivity (Wildman–Crippen MR) is 270 cm³/mol. The first-order valence-electron chi connectivity index (χ1n) is 26.8. The average Bonchev–Trinajstić information content (AvgIpc) is 3.28. The number of allylic oxidation sites excluding steroid dienone is 10. The normalized spacial score (nSPS) is 12.5. The van der Waals surface area contributed by atoms with Gasteiger partial charge in [0.15, 0.2) is 6.10 Å². The molecule has 6 heteroatoms. The highest BCUT2D eigenvalue weighted by atomic mass is 16.6. The minimum Gasteiger partial charge on any atom is -0.462 e. The van der Waals surface area contributed by atoms with Gasteiger partial charge in [-0.05, 0) is 89.9 Å². The number of carbonyl (C=O) groups is 3. The highest BCUT2D eigenvalue weighted by molar-refractivity contribution is 5.71. The maximum Gasteiger partial charge on any atom is 0.306 e. The van der Waals surface area contributed by atoms with Crippen molar-refractivity contribution >= 4 is 17.9 Å². The lowest BCUT2D eigenvalue weighted by Gasteiger charge is -2.18. The molecule has 0 radical (unpaired) electrons. The van der Waals surface area contributed by atoms with E-state index >= 15 is 0 Å². The van der Waals surface area contributed by atoms with E-state index < -0.39 is 6.10 Å². The molecule has 63 heavy (non-hydrogen) atoms. The Labute approximate surface area is 390 Å². The molecule has 0 aromatic heterocycles. The van der Waals surface area contributed by atoms with Gasteiger partial charge in [-0.3, -0.25) is 14.4 Å². The van der Waals surface area contributed by atoms with E-state index in [0.29, 0.717) is 19.3 Å². The second kappa shape index (κ2) is 51.7. The molecule has 0 aromatic carbocycles. The Bertz CT molecular complexity index is 1150. The molecule has 0 fully saturated rings. The first-order chi connectivity index (χ1) is 31.0. The van der Waals surface area contributed by atoms with Crippen LogP contribution in [0.1, 0.15) is 265 Å². The van der Waals surface area contributed by atoms with Crippen LogP contribution < -0.4 is 0 Å². The molecule has 0 aliphatic heterocycles. The predicted octanol–water partition coefficient (Wildman–Crippen LogP) is 17.6. The van der Waals surface area contributed by atoms with Gasteiger partial charge in [0.1, 0.15) is 13.2 Å².